The Hall–Kier alpha value is -4.82. The molecule has 0 saturated carbocycles. The van der Waals surface area contributed by atoms with Crippen molar-refractivity contribution >= 4 is 46.1 Å². The van der Waals surface area contributed by atoms with Crippen molar-refractivity contribution in [1.82, 2.24) is 14.9 Å². The van der Waals surface area contributed by atoms with Crippen molar-refractivity contribution in [3.8, 4) is 11.8 Å². The summed E-state index contributed by atoms with van der Waals surface area (Å²) in [6.07, 6.45) is 2.45. The monoisotopic (exact) mass is 664 g/mol. The lowest BCUT2D eigenvalue weighted by Gasteiger charge is -2.42. The molecule has 248 valence electrons. The van der Waals surface area contributed by atoms with Crippen LogP contribution in [0.15, 0.2) is 71.9 Å². The van der Waals surface area contributed by atoms with Crippen LogP contribution in [0.2, 0.25) is 0 Å². The summed E-state index contributed by atoms with van der Waals surface area (Å²) in [5.41, 5.74) is 3.30. The van der Waals surface area contributed by atoms with Crippen LogP contribution in [0.4, 0.5) is 16.3 Å². The molecule has 1 fully saturated rings. The maximum Gasteiger partial charge on any atom is 0.410 e. The molecule has 0 spiro atoms. The smallest absolute Gasteiger partial charge is 0.410 e. The number of ether oxygens (including phenoxy) is 2. The Balaban J connectivity index is 1.25. The summed E-state index contributed by atoms with van der Waals surface area (Å²) in [4.78, 5) is 42.0. The minimum absolute atomic E-state index is 0.184. The maximum atomic E-state index is 13.1. The van der Waals surface area contributed by atoms with Gasteiger partial charge < -0.3 is 24.2 Å². The Morgan fingerprint density at radius 1 is 1.00 bits per heavy atom. The van der Waals surface area contributed by atoms with Crippen molar-refractivity contribution in [2.75, 3.05) is 42.2 Å². The summed E-state index contributed by atoms with van der Waals surface area (Å²) in [5.74, 6) is 1.10. The van der Waals surface area contributed by atoms with Crippen molar-refractivity contribution < 1.29 is 19.1 Å². The minimum Gasteiger partial charge on any atom is -0.445 e. The van der Waals surface area contributed by atoms with E-state index in [2.05, 4.69) is 21.9 Å². The number of carbonyl (C=O) groups is 2. The van der Waals surface area contributed by atoms with Gasteiger partial charge in [0.2, 0.25) is 0 Å². The predicted molar refractivity (Wildman–Crippen MR) is 187 cm³/mol. The lowest BCUT2D eigenvalue weighted by atomic mass is 9.97. The van der Waals surface area contributed by atoms with Gasteiger partial charge in [-0.1, -0.05) is 66.4 Å². The van der Waals surface area contributed by atoms with Gasteiger partial charge in [0.15, 0.2) is 5.16 Å². The topological polar surface area (TPSA) is 112 Å². The third-order valence-electron chi connectivity index (χ3n) is 8.73. The second-order valence-electron chi connectivity index (χ2n) is 13.1. The minimum atomic E-state index is -0.627. The van der Waals surface area contributed by atoms with Crippen LogP contribution in [-0.4, -0.2) is 65.4 Å². The van der Waals surface area contributed by atoms with E-state index in [-0.39, 0.29) is 25.0 Å². The molecule has 0 bridgehead atoms. The Kier molecular flexibility index (Phi) is 9.73. The molecule has 4 aromatic rings. The van der Waals surface area contributed by atoms with Crippen molar-refractivity contribution in [2.24, 2.45) is 5.41 Å². The number of benzene rings is 3. The summed E-state index contributed by atoms with van der Waals surface area (Å²) in [5, 5.41) is 12.4. The van der Waals surface area contributed by atoms with Crippen LogP contribution in [-0.2, 0) is 29.1 Å². The highest BCUT2D eigenvalue weighted by atomic mass is 32.2. The molecule has 0 unspecified atom stereocenters. The zero-order chi connectivity index (χ0) is 33.8. The fourth-order valence-corrected chi connectivity index (χ4v) is 6.54. The molecule has 10 nitrogen and oxygen atoms in total. The normalized spacial score (nSPS) is 16.3. The number of anilines is 2. The molecule has 0 aliphatic carbocycles. The SMILES string of the molecule is CSc1nc2c(c(N3CCN(C(=O)OCc4ccccc4)[C@@H](CC#N)C3)n1)CCN(c1cc(OC(=O)C(C)(C)C)cc3ccccc13)C2. The summed E-state index contributed by atoms with van der Waals surface area (Å²) in [7, 11) is 0. The molecule has 0 radical (unpaired) electrons. The second-order valence-corrected chi connectivity index (χ2v) is 13.9. The number of piperazine rings is 1. The highest BCUT2D eigenvalue weighted by molar-refractivity contribution is 7.98. The molecule has 0 N–H and O–H groups in total. The first-order valence-electron chi connectivity index (χ1n) is 16.2. The van der Waals surface area contributed by atoms with E-state index in [0.29, 0.717) is 43.5 Å². The number of fused-ring (bicyclic) bond motifs is 2. The quantitative estimate of drug-likeness (QED) is 0.0926. The average molecular weight is 665 g/mol. The third-order valence-corrected chi connectivity index (χ3v) is 9.28. The van der Waals surface area contributed by atoms with Gasteiger partial charge in [0.25, 0.3) is 0 Å². The molecule has 1 amide bonds. The van der Waals surface area contributed by atoms with Crippen LogP contribution in [0.5, 0.6) is 5.75 Å². The summed E-state index contributed by atoms with van der Waals surface area (Å²) >= 11 is 1.49. The Morgan fingerprint density at radius 2 is 1.77 bits per heavy atom. The van der Waals surface area contributed by atoms with Gasteiger partial charge in [0.05, 0.1) is 36.2 Å². The van der Waals surface area contributed by atoms with E-state index >= 15 is 0 Å². The van der Waals surface area contributed by atoms with Gasteiger partial charge in [0.1, 0.15) is 18.2 Å². The highest BCUT2D eigenvalue weighted by Crippen LogP contribution is 2.37. The van der Waals surface area contributed by atoms with Crippen molar-refractivity contribution in [3.05, 3.63) is 83.6 Å². The number of nitrogens with zero attached hydrogens (tertiary/aromatic N) is 6. The average Bonchev–Trinajstić information content (AvgIpc) is 3.09. The first-order valence-corrected chi connectivity index (χ1v) is 17.4. The zero-order valence-electron chi connectivity index (χ0n) is 27.8. The predicted octanol–water partition coefficient (Wildman–Crippen LogP) is 6.61. The molecule has 1 atom stereocenters. The first kappa shape index (κ1) is 33.1. The number of amides is 1. The standard InChI is InChI=1S/C37H40N6O4S/c1-37(2,3)34(44)47-28-20-26-12-8-9-13-29(26)32(21-28)41-17-15-30-31(23-41)39-35(48-4)40-33(30)42-18-19-43(27(22-42)14-16-38)36(45)46-24-25-10-6-5-7-11-25/h5-13,20-21,27H,14-15,17-19,22-24H2,1-4H3/t27-/m0/s1. The maximum absolute atomic E-state index is 13.1. The molecule has 3 aromatic carbocycles. The van der Waals surface area contributed by atoms with E-state index in [9.17, 15) is 14.9 Å². The third kappa shape index (κ3) is 7.19. The van der Waals surface area contributed by atoms with E-state index in [1.165, 1.54) is 11.8 Å². The molecular weight excluding hydrogens is 625 g/mol. The number of aromatic nitrogens is 2. The van der Waals surface area contributed by atoms with E-state index in [0.717, 1.165) is 45.6 Å². The molecule has 2 aliphatic heterocycles. The van der Waals surface area contributed by atoms with Crippen LogP contribution in [0.25, 0.3) is 10.8 Å². The molecule has 1 saturated heterocycles. The van der Waals surface area contributed by atoms with Gasteiger partial charge in [-0.2, -0.15) is 5.26 Å². The molecule has 2 aliphatic rings. The molecule has 6 rings (SSSR count). The lowest BCUT2D eigenvalue weighted by Crippen LogP contribution is -2.55. The fraction of sp³-hybridized carbons (Fsp3) is 0.378. The molecule has 11 heteroatoms. The number of carbonyl (C=O) groups excluding carboxylic acids is 2. The molecule has 48 heavy (non-hydrogen) atoms. The van der Waals surface area contributed by atoms with Gasteiger partial charge >= 0.3 is 12.1 Å². The second kappa shape index (κ2) is 14.1. The number of esters is 1. The Labute approximate surface area is 285 Å². The summed E-state index contributed by atoms with van der Waals surface area (Å²) < 4.78 is 11.5. The largest absolute Gasteiger partial charge is 0.445 e. The van der Waals surface area contributed by atoms with E-state index < -0.39 is 11.5 Å². The number of hydrogen-bond donors (Lipinski definition) is 0. The van der Waals surface area contributed by atoms with Crippen molar-refractivity contribution in [1.29, 1.82) is 5.26 Å². The lowest BCUT2D eigenvalue weighted by molar-refractivity contribution is -0.142. The summed E-state index contributed by atoms with van der Waals surface area (Å²) in [6, 6.07) is 23.5. The van der Waals surface area contributed by atoms with E-state index in [1.54, 1.807) is 4.90 Å². The highest BCUT2D eigenvalue weighted by Gasteiger charge is 2.35. The van der Waals surface area contributed by atoms with Crippen molar-refractivity contribution in [3.63, 3.8) is 0 Å². The fourth-order valence-electron chi connectivity index (χ4n) is 6.16. The number of thioether (sulfide) groups is 1. The van der Waals surface area contributed by atoms with Crippen molar-refractivity contribution in [2.45, 2.75) is 58.0 Å². The van der Waals surface area contributed by atoms with Crippen LogP contribution in [0, 0.1) is 16.7 Å². The molecular formula is C37H40N6O4S. The van der Waals surface area contributed by atoms with Gasteiger partial charge in [-0.15, -0.1) is 0 Å². The molecule has 1 aromatic heterocycles. The molecule has 3 heterocycles. The van der Waals surface area contributed by atoms with Crippen LogP contribution >= 0.6 is 11.8 Å². The number of hydrogen-bond acceptors (Lipinski definition) is 10. The van der Waals surface area contributed by atoms with Gasteiger partial charge in [-0.25, -0.2) is 14.8 Å². The van der Waals surface area contributed by atoms with Gasteiger partial charge in [0, 0.05) is 48.9 Å². The van der Waals surface area contributed by atoms with E-state index in [1.807, 2.05) is 87.7 Å². The Morgan fingerprint density at radius 3 is 2.52 bits per heavy atom. The number of rotatable bonds is 7. The van der Waals surface area contributed by atoms with Gasteiger partial charge in [-0.05, 0) is 50.5 Å². The first-order chi connectivity index (χ1) is 23.1. The van der Waals surface area contributed by atoms with Crippen LogP contribution < -0.4 is 14.5 Å². The number of nitriles is 1. The van der Waals surface area contributed by atoms with Gasteiger partial charge in [-0.3, -0.25) is 4.79 Å². The van der Waals surface area contributed by atoms with Crippen LogP contribution in [0.3, 0.4) is 0 Å². The summed E-state index contributed by atoms with van der Waals surface area (Å²) in [6.45, 7) is 8.46. The Bertz CT molecular complexity index is 1850. The van der Waals surface area contributed by atoms with Crippen LogP contribution in [0.1, 0.15) is 44.0 Å². The van der Waals surface area contributed by atoms with E-state index in [4.69, 9.17) is 19.4 Å². The zero-order valence-corrected chi connectivity index (χ0v) is 28.6.